The van der Waals surface area contributed by atoms with Crippen molar-refractivity contribution >= 4 is 22.6 Å². The molecule has 0 bridgehead atoms. The Bertz CT molecular complexity index is 1360. The van der Waals surface area contributed by atoms with Gasteiger partial charge < -0.3 is 24.4 Å². The first kappa shape index (κ1) is 26.5. The average molecular weight is 520 g/mol. The molecule has 1 saturated carbocycles. The van der Waals surface area contributed by atoms with Crippen LogP contribution in [0, 0.1) is 13.8 Å². The molecule has 0 unspecified atom stereocenters. The molecule has 1 aliphatic carbocycles. The van der Waals surface area contributed by atoms with Gasteiger partial charge in [-0.15, -0.1) is 0 Å². The maximum Gasteiger partial charge on any atom is 0.253 e. The van der Waals surface area contributed by atoms with Gasteiger partial charge in [0.15, 0.2) is 0 Å². The van der Waals surface area contributed by atoms with Crippen LogP contribution in [0.15, 0.2) is 27.4 Å². The van der Waals surface area contributed by atoms with Crippen molar-refractivity contribution < 1.29 is 13.9 Å². The number of carbonyl (C=O) groups excluding carboxylic acids is 1. The molecule has 7 heteroatoms. The Labute approximate surface area is 224 Å². The summed E-state index contributed by atoms with van der Waals surface area (Å²) in [4.78, 5) is 31.9. The lowest BCUT2D eigenvalue weighted by atomic mass is 9.95. The topological polar surface area (TPSA) is 87.6 Å². The molecule has 5 rings (SSSR count). The van der Waals surface area contributed by atoms with E-state index >= 15 is 0 Å². The highest BCUT2D eigenvalue weighted by Gasteiger charge is 2.29. The van der Waals surface area contributed by atoms with Gasteiger partial charge in [0, 0.05) is 66.7 Å². The zero-order valence-corrected chi connectivity index (χ0v) is 23.2. The van der Waals surface area contributed by atoms with E-state index in [4.69, 9.17) is 9.15 Å². The third-order valence-electron chi connectivity index (χ3n) is 8.47. The minimum Gasteiger partial charge on any atom is -0.461 e. The summed E-state index contributed by atoms with van der Waals surface area (Å²) in [5.41, 5.74) is 5.71. The predicted octanol–water partition coefficient (Wildman–Crippen LogP) is 5.89. The predicted molar refractivity (Wildman–Crippen MR) is 151 cm³/mol. The Hall–Kier alpha value is -3.06. The first-order valence-corrected chi connectivity index (χ1v) is 14.3. The number of rotatable bonds is 8. The molecule has 7 nitrogen and oxygen atoms in total. The zero-order chi connectivity index (χ0) is 26.8. The summed E-state index contributed by atoms with van der Waals surface area (Å²) in [5, 5.41) is 3.96. The molecule has 1 saturated heterocycles. The van der Waals surface area contributed by atoms with Crippen molar-refractivity contribution in [2.45, 2.75) is 91.1 Å². The summed E-state index contributed by atoms with van der Waals surface area (Å²) in [6.45, 7) is 10.6. The van der Waals surface area contributed by atoms with Gasteiger partial charge in [-0.05, 0) is 76.1 Å². The first-order valence-electron chi connectivity index (χ1n) is 14.3. The Morgan fingerprint density at radius 3 is 2.45 bits per heavy atom. The van der Waals surface area contributed by atoms with Gasteiger partial charge >= 0.3 is 0 Å². The van der Waals surface area contributed by atoms with Gasteiger partial charge in [-0.25, -0.2) is 0 Å². The quantitative estimate of drug-likeness (QED) is 0.387. The van der Waals surface area contributed by atoms with Crippen molar-refractivity contribution in [2.24, 2.45) is 0 Å². The number of fused-ring (bicyclic) bond motifs is 1. The molecule has 2 N–H and O–H groups in total. The number of benzene rings is 1. The van der Waals surface area contributed by atoms with Gasteiger partial charge in [-0.2, -0.15) is 0 Å². The Kier molecular flexibility index (Phi) is 7.93. The summed E-state index contributed by atoms with van der Waals surface area (Å²) in [6, 6.07) is 6.58. The lowest BCUT2D eigenvalue weighted by molar-refractivity contribution is 0.0845. The molecule has 3 aromatic rings. The number of hydrogen-bond acceptors (Lipinski definition) is 5. The maximum absolute atomic E-state index is 14.0. The van der Waals surface area contributed by atoms with E-state index in [1.54, 1.807) is 0 Å². The van der Waals surface area contributed by atoms with Gasteiger partial charge in [0.1, 0.15) is 11.3 Å². The van der Waals surface area contributed by atoms with Crippen LogP contribution in [0.5, 0.6) is 0 Å². The van der Waals surface area contributed by atoms with Crippen LogP contribution in [-0.2, 0) is 17.7 Å². The molecular formula is C31H41N3O4. The number of pyridine rings is 1. The molecule has 3 heterocycles. The second kappa shape index (κ2) is 11.4. The number of ether oxygens (including phenoxy) is 1. The van der Waals surface area contributed by atoms with Crippen molar-refractivity contribution in [1.82, 2.24) is 10.3 Å². The molecule has 1 amide bonds. The smallest absolute Gasteiger partial charge is 0.253 e. The van der Waals surface area contributed by atoms with Crippen LogP contribution in [0.3, 0.4) is 0 Å². The van der Waals surface area contributed by atoms with Gasteiger partial charge in [0.25, 0.3) is 11.5 Å². The molecule has 2 fully saturated rings. The van der Waals surface area contributed by atoms with Gasteiger partial charge in [-0.3, -0.25) is 9.59 Å². The van der Waals surface area contributed by atoms with Gasteiger partial charge in [0.05, 0.1) is 5.56 Å². The largest absolute Gasteiger partial charge is 0.461 e. The fourth-order valence-electron chi connectivity index (χ4n) is 6.49. The molecule has 38 heavy (non-hydrogen) atoms. The second-order valence-electron chi connectivity index (χ2n) is 10.9. The molecule has 204 valence electrons. The fourth-order valence-corrected chi connectivity index (χ4v) is 6.49. The number of nitrogens with one attached hydrogen (secondary N) is 2. The van der Waals surface area contributed by atoms with E-state index in [1.165, 1.54) is 12.8 Å². The number of aryl methyl sites for hydroxylation is 2. The van der Waals surface area contributed by atoms with E-state index in [9.17, 15) is 9.59 Å². The summed E-state index contributed by atoms with van der Waals surface area (Å²) in [5.74, 6) is 1.25. The van der Waals surface area contributed by atoms with Crippen molar-refractivity contribution in [2.75, 3.05) is 24.7 Å². The number of amides is 1. The lowest BCUT2D eigenvalue weighted by Crippen LogP contribution is -2.40. The van der Waals surface area contributed by atoms with Crippen LogP contribution in [-0.4, -0.2) is 36.7 Å². The molecule has 0 atom stereocenters. The summed E-state index contributed by atoms with van der Waals surface area (Å²) in [6.07, 6.45) is 7.37. The summed E-state index contributed by atoms with van der Waals surface area (Å²) in [7, 11) is 0. The monoisotopic (exact) mass is 519 g/mol. The van der Waals surface area contributed by atoms with Crippen LogP contribution in [0.1, 0.15) is 96.8 Å². The Morgan fingerprint density at radius 1 is 1.05 bits per heavy atom. The first-order chi connectivity index (χ1) is 18.4. The van der Waals surface area contributed by atoms with Crippen LogP contribution >= 0.6 is 0 Å². The lowest BCUT2D eigenvalue weighted by Gasteiger charge is -2.37. The van der Waals surface area contributed by atoms with E-state index in [0.29, 0.717) is 23.1 Å². The number of aromatic nitrogens is 1. The van der Waals surface area contributed by atoms with E-state index < -0.39 is 0 Å². The van der Waals surface area contributed by atoms with Gasteiger partial charge in [0.2, 0.25) is 0 Å². The van der Waals surface area contributed by atoms with Gasteiger partial charge in [-0.1, -0.05) is 19.8 Å². The second-order valence-corrected chi connectivity index (χ2v) is 10.9. The number of H-pyrrole nitrogens is 1. The molecule has 1 aromatic carbocycles. The highest BCUT2D eigenvalue weighted by Crippen LogP contribution is 2.41. The molecule has 2 aliphatic rings. The van der Waals surface area contributed by atoms with Crippen molar-refractivity contribution in [1.29, 1.82) is 0 Å². The number of carbonyl (C=O) groups is 1. The third kappa shape index (κ3) is 5.13. The number of anilines is 1. The third-order valence-corrected chi connectivity index (χ3v) is 8.47. The Morgan fingerprint density at radius 2 is 1.79 bits per heavy atom. The van der Waals surface area contributed by atoms with Crippen molar-refractivity contribution in [3.05, 3.63) is 62.3 Å². The van der Waals surface area contributed by atoms with Crippen LogP contribution in [0.25, 0.3) is 11.0 Å². The maximum atomic E-state index is 14.0. The number of hydrogen-bond donors (Lipinski definition) is 2. The molecular weight excluding hydrogens is 478 g/mol. The van der Waals surface area contributed by atoms with Crippen molar-refractivity contribution in [3.63, 3.8) is 0 Å². The fraction of sp³-hybridized carbons (Fsp3) is 0.548. The summed E-state index contributed by atoms with van der Waals surface area (Å²) >= 11 is 0. The van der Waals surface area contributed by atoms with E-state index in [0.717, 1.165) is 91.1 Å². The molecule has 2 aromatic heterocycles. The number of aromatic amines is 1. The molecule has 0 spiro atoms. The average Bonchev–Trinajstić information content (AvgIpc) is 3.58. The number of nitrogens with zero attached hydrogens (tertiary/aromatic N) is 1. The number of furan rings is 1. The standard InChI is InChI=1S/C31H41N3O4/c1-5-23-26(34(6-2)22-11-13-37-14-12-22)17-28-24(16-27(38-28)21-9-7-8-10-21)29(23)31(36)32-18-25-19(3)15-20(4)33-30(25)35/h15-17,21-22H,5-14,18H2,1-4H3,(H,32,36)(H,33,35). The highest BCUT2D eigenvalue weighted by atomic mass is 16.5. The van der Waals surface area contributed by atoms with Crippen LogP contribution in [0.2, 0.25) is 0 Å². The zero-order valence-electron chi connectivity index (χ0n) is 23.2. The van der Waals surface area contributed by atoms with E-state index in [2.05, 4.69) is 41.2 Å². The molecule has 0 radical (unpaired) electrons. The van der Waals surface area contributed by atoms with E-state index in [1.807, 2.05) is 19.9 Å². The minimum atomic E-state index is -0.158. The highest BCUT2D eigenvalue weighted by molar-refractivity contribution is 6.09. The minimum absolute atomic E-state index is 0.152. The normalized spacial score (nSPS) is 16.8. The Balaban J connectivity index is 1.59. The van der Waals surface area contributed by atoms with Crippen LogP contribution in [0.4, 0.5) is 5.69 Å². The van der Waals surface area contributed by atoms with Crippen molar-refractivity contribution in [3.8, 4) is 0 Å². The summed E-state index contributed by atoms with van der Waals surface area (Å²) < 4.78 is 12.1. The SMILES string of the molecule is CCc1c(N(CC)C2CCOCC2)cc2oc(C3CCCC3)cc2c1C(=O)NCc1c(C)cc(C)[nH]c1=O. The molecule has 1 aliphatic heterocycles. The van der Waals surface area contributed by atoms with Crippen LogP contribution < -0.4 is 15.8 Å². The van der Waals surface area contributed by atoms with E-state index in [-0.39, 0.29) is 18.0 Å².